The van der Waals surface area contributed by atoms with Gasteiger partial charge in [-0.25, -0.2) is 0 Å². The molecule has 10 heavy (non-hydrogen) atoms. The van der Waals surface area contributed by atoms with E-state index in [1.165, 1.54) is 0 Å². The zero-order valence-corrected chi connectivity index (χ0v) is 6.90. The van der Waals surface area contributed by atoms with E-state index in [0.29, 0.717) is 0 Å². The van der Waals surface area contributed by atoms with Crippen molar-refractivity contribution in [1.82, 2.24) is 4.98 Å². The van der Waals surface area contributed by atoms with Crippen molar-refractivity contribution in [2.45, 2.75) is 0 Å². The van der Waals surface area contributed by atoms with Crippen LogP contribution in [0.25, 0.3) is 0 Å². The van der Waals surface area contributed by atoms with Crippen LogP contribution in [0.4, 0.5) is 0 Å². The lowest BCUT2D eigenvalue weighted by atomic mass is 10.4. The second kappa shape index (κ2) is 3.46. The van der Waals surface area contributed by atoms with E-state index < -0.39 is 0 Å². The monoisotopic (exact) mass is 154 g/mol. The van der Waals surface area contributed by atoms with Crippen LogP contribution >= 0.6 is 11.8 Å². The van der Waals surface area contributed by atoms with Gasteiger partial charge >= 0.3 is 0 Å². The Labute approximate surface area is 64.8 Å². The molecule has 0 saturated carbocycles. The van der Waals surface area contributed by atoms with Gasteiger partial charge < -0.3 is 4.98 Å². The minimum Gasteiger partial charge on any atom is -0.367 e. The van der Waals surface area contributed by atoms with E-state index in [-0.39, 0.29) is 0 Å². The summed E-state index contributed by atoms with van der Waals surface area (Å²) < 4.78 is 0. The maximum absolute atomic E-state index is 4.11. The molecule has 54 valence electrons. The highest BCUT2D eigenvalue weighted by Crippen LogP contribution is 2.08. The molecule has 0 atom stereocenters. The van der Waals surface area contributed by atoms with Gasteiger partial charge in [0.15, 0.2) is 0 Å². The molecule has 0 aromatic carbocycles. The van der Waals surface area contributed by atoms with E-state index in [2.05, 4.69) is 9.98 Å². The number of nitrogens with zero attached hydrogens (tertiary/aromatic N) is 1. The number of aromatic amines is 1. The van der Waals surface area contributed by atoms with Crippen molar-refractivity contribution in [2.75, 3.05) is 13.3 Å². The van der Waals surface area contributed by atoms with Crippen LogP contribution in [0.3, 0.4) is 0 Å². The zero-order valence-electron chi connectivity index (χ0n) is 6.09. The van der Waals surface area contributed by atoms with Gasteiger partial charge in [-0.1, -0.05) is 0 Å². The Morgan fingerprint density at radius 2 is 2.50 bits per heavy atom. The maximum atomic E-state index is 4.11. The SMILES string of the molecule is CN=C(SC)c1cc[nH]c1. The van der Waals surface area contributed by atoms with Crippen LogP contribution in [0.15, 0.2) is 23.5 Å². The fraction of sp³-hybridized carbons (Fsp3) is 0.286. The van der Waals surface area contributed by atoms with Crippen molar-refractivity contribution in [1.29, 1.82) is 0 Å². The first kappa shape index (κ1) is 7.41. The van der Waals surface area contributed by atoms with Crippen molar-refractivity contribution < 1.29 is 0 Å². The summed E-state index contributed by atoms with van der Waals surface area (Å²) in [5.74, 6) is 0. The molecule has 1 N–H and O–H groups in total. The van der Waals surface area contributed by atoms with E-state index in [0.717, 1.165) is 10.6 Å². The minimum atomic E-state index is 1.07. The van der Waals surface area contributed by atoms with Crippen LogP contribution < -0.4 is 0 Å². The normalized spacial score (nSPS) is 12.0. The van der Waals surface area contributed by atoms with Crippen molar-refractivity contribution in [3.8, 4) is 0 Å². The number of aliphatic imine (C=N–C) groups is 1. The Morgan fingerprint density at radius 3 is 2.90 bits per heavy atom. The number of hydrogen-bond acceptors (Lipinski definition) is 2. The number of thioether (sulfide) groups is 1. The fourth-order valence-corrected chi connectivity index (χ4v) is 1.34. The van der Waals surface area contributed by atoms with Crippen LogP contribution in [-0.2, 0) is 0 Å². The van der Waals surface area contributed by atoms with Crippen molar-refractivity contribution in [3.05, 3.63) is 24.0 Å². The van der Waals surface area contributed by atoms with Crippen molar-refractivity contribution in [3.63, 3.8) is 0 Å². The lowest BCUT2D eigenvalue weighted by Crippen LogP contribution is -1.90. The van der Waals surface area contributed by atoms with Gasteiger partial charge in [0.1, 0.15) is 0 Å². The average molecular weight is 154 g/mol. The maximum Gasteiger partial charge on any atom is 0.0985 e. The molecule has 0 aliphatic carbocycles. The van der Waals surface area contributed by atoms with Gasteiger partial charge in [0, 0.05) is 25.0 Å². The van der Waals surface area contributed by atoms with E-state index in [9.17, 15) is 0 Å². The molecule has 0 aliphatic rings. The molecule has 0 saturated heterocycles. The van der Waals surface area contributed by atoms with Crippen LogP contribution in [-0.4, -0.2) is 23.3 Å². The van der Waals surface area contributed by atoms with Crippen LogP contribution in [0.2, 0.25) is 0 Å². The molecule has 1 aromatic heterocycles. The summed E-state index contributed by atoms with van der Waals surface area (Å²) in [6, 6.07) is 2.01. The van der Waals surface area contributed by atoms with E-state index in [1.54, 1.807) is 18.8 Å². The molecule has 1 aromatic rings. The summed E-state index contributed by atoms with van der Waals surface area (Å²) in [5, 5.41) is 1.07. The number of hydrogen-bond donors (Lipinski definition) is 1. The Bertz CT molecular complexity index is 214. The third-order valence-electron chi connectivity index (χ3n) is 1.24. The quantitative estimate of drug-likeness (QED) is 0.484. The molecule has 0 bridgehead atoms. The first-order valence-electron chi connectivity index (χ1n) is 3.02. The minimum absolute atomic E-state index is 1.07. The zero-order chi connectivity index (χ0) is 7.40. The Kier molecular flexibility index (Phi) is 2.57. The summed E-state index contributed by atoms with van der Waals surface area (Å²) in [6.07, 6.45) is 5.87. The molecular weight excluding hydrogens is 144 g/mol. The molecule has 0 unspecified atom stereocenters. The topological polar surface area (TPSA) is 28.1 Å². The van der Waals surface area contributed by atoms with Crippen LogP contribution in [0.1, 0.15) is 5.56 Å². The van der Waals surface area contributed by atoms with E-state index in [1.807, 2.05) is 24.7 Å². The largest absolute Gasteiger partial charge is 0.367 e. The molecule has 0 amide bonds. The second-order valence-corrected chi connectivity index (χ2v) is 2.63. The van der Waals surface area contributed by atoms with Gasteiger partial charge in [-0.15, -0.1) is 11.8 Å². The highest BCUT2D eigenvalue weighted by molar-refractivity contribution is 8.13. The van der Waals surface area contributed by atoms with Gasteiger partial charge in [-0.2, -0.15) is 0 Å². The number of H-pyrrole nitrogens is 1. The van der Waals surface area contributed by atoms with E-state index >= 15 is 0 Å². The molecule has 1 rings (SSSR count). The smallest absolute Gasteiger partial charge is 0.0985 e. The molecular formula is C7H10N2S. The predicted molar refractivity (Wildman–Crippen MR) is 46.8 cm³/mol. The summed E-state index contributed by atoms with van der Waals surface area (Å²) >= 11 is 1.66. The van der Waals surface area contributed by atoms with E-state index in [4.69, 9.17) is 0 Å². The second-order valence-electron chi connectivity index (χ2n) is 1.83. The molecule has 0 spiro atoms. The predicted octanol–water partition coefficient (Wildman–Crippen LogP) is 1.75. The van der Waals surface area contributed by atoms with Gasteiger partial charge in [0.2, 0.25) is 0 Å². The van der Waals surface area contributed by atoms with Crippen LogP contribution in [0.5, 0.6) is 0 Å². The number of nitrogens with one attached hydrogen (secondary N) is 1. The highest BCUT2D eigenvalue weighted by Gasteiger charge is 1.98. The van der Waals surface area contributed by atoms with Gasteiger partial charge in [-0.3, -0.25) is 4.99 Å². The van der Waals surface area contributed by atoms with Crippen molar-refractivity contribution >= 4 is 16.8 Å². The highest BCUT2D eigenvalue weighted by atomic mass is 32.2. The molecule has 3 heteroatoms. The Balaban J connectivity index is 2.85. The third kappa shape index (κ3) is 1.42. The lowest BCUT2D eigenvalue weighted by Gasteiger charge is -1.94. The molecule has 0 aliphatic heterocycles. The number of rotatable bonds is 1. The summed E-state index contributed by atoms with van der Waals surface area (Å²) in [7, 11) is 1.80. The molecule has 1 heterocycles. The molecule has 0 radical (unpaired) electrons. The Hall–Kier alpha value is -0.700. The summed E-state index contributed by atoms with van der Waals surface area (Å²) in [4.78, 5) is 7.09. The van der Waals surface area contributed by atoms with Gasteiger partial charge in [0.25, 0.3) is 0 Å². The standard InChI is InChI=1S/C7H10N2S/c1-8-7(10-2)6-3-4-9-5-6/h3-5,9H,1-2H3. The molecule has 0 fully saturated rings. The first-order chi connectivity index (χ1) is 4.88. The first-order valence-corrected chi connectivity index (χ1v) is 4.25. The number of aromatic nitrogens is 1. The lowest BCUT2D eigenvalue weighted by molar-refractivity contribution is 1.41. The third-order valence-corrected chi connectivity index (χ3v) is 2.05. The fourth-order valence-electron chi connectivity index (χ4n) is 0.795. The van der Waals surface area contributed by atoms with Gasteiger partial charge in [0.05, 0.1) is 5.04 Å². The molecule has 2 nitrogen and oxygen atoms in total. The van der Waals surface area contributed by atoms with Crippen LogP contribution in [0, 0.1) is 0 Å². The average Bonchev–Trinajstić information content (AvgIpc) is 2.43. The summed E-state index contributed by atoms with van der Waals surface area (Å²) in [6.45, 7) is 0. The van der Waals surface area contributed by atoms with Gasteiger partial charge in [-0.05, 0) is 12.3 Å². The Morgan fingerprint density at radius 1 is 1.70 bits per heavy atom. The van der Waals surface area contributed by atoms with Crippen molar-refractivity contribution in [2.24, 2.45) is 4.99 Å². The summed E-state index contributed by atoms with van der Waals surface area (Å²) in [5.41, 5.74) is 1.16.